The minimum Gasteiger partial charge on any atom is -0.493 e. The van der Waals surface area contributed by atoms with E-state index in [2.05, 4.69) is 0 Å². The quantitative estimate of drug-likeness (QED) is 0.809. The molecule has 3 heteroatoms. The van der Waals surface area contributed by atoms with Crippen LogP contribution in [0, 0.1) is 0 Å². The van der Waals surface area contributed by atoms with Gasteiger partial charge in [0.15, 0.2) is 11.5 Å². The molecule has 84 valence electrons. The Labute approximate surface area is 90.6 Å². The Morgan fingerprint density at radius 1 is 1.40 bits per heavy atom. The van der Waals surface area contributed by atoms with Crippen molar-refractivity contribution in [3.8, 4) is 11.5 Å². The van der Waals surface area contributed by atoms with Gasteiger partial charge in [-0.1, -0.05) is 19.1 Å². The summed E-state index contributed by atoms with van der Waals surface area (Å²) in [5.74, 6) is 1.51. The second-order valence-corrected chi connectivity index (χ2v) is 3.40. The van der Waals surface area contributed by atoms with Crippen molar-refractivity contribution in [1.82, 2.24) is 0 Å². The van der Waals surface area contributed by atoms with E-state index in [9.17, 15) is 0 Å². The Kier molecular flexibility index (Phi) is 4.43. The molecule has 1 unspecified atom stereocenters. The van der Waals surface area contributed by atoms with Gasteiger partial charge in [-0.05, 0) is 13.0 Å². The summed E-state index contributed by atoms with van der Waals surface area (Å²) in [5.41, 5.74) is 0.985. The van der Waals surface area contributed by atoms with E-state index in [0.717, 1.165) is 17.1 Å². The number of hydrogen-bond acceptors (Lipinski definition) is 3. The molecule has 0 heterocycles. The lowest BCUT2D eigenvalue weighted by atomic mass is 10.0. The van der Waals surface area contributed by atoms with Crippen LogP contribution in [0.25, 0.3) is 0 Å². The molecule has 0 radical (unpaired) electrons. The predicted molar refractivity (Wildman–Crippen MR) is 59.7 cm³/mol. The molecule has 0 spiro atoms. The summed E-state index contributed by atoms with van der Waals surface area (Å²) < 4.78 is 10.8. The van der Waals surface area contributed by atoms with E-state index >= 15 is 0 Å². The SMILES string of the molecule is CCOc1c(OC)cccc1C(C)CO. The first-order valence-corrected chi connectivity index (χ1v) is 5.15. The van der Waals surface area contributed by atoms with Gasteiger partial charge in [0, 0.05) is 18.1 Å². The fourth-order valence-electron chi connectivity index (χ4n) is 1.48. The number of hydrogen-bond donors (Lipinski definition) is 1. The van der Waals surface area contributed by atoms with Crippen molar-refractivity contribution in [2.75, 3.05) is 20.3 Å². The van der Waals surface area contributed by atoms with E-state index in [-0.39, 0.29) is 12.5 Å². The molecule has 1 aromatic rings. The highest BCUT2D eigenvalue weighted by Crippen LogP contribution is 2.35. The average molecular weight is 210 g/mol. The van der Waals surface area contributed by atoms with Gasteiger partial charge in [-0.15, -0.1) is 0 Å². The van der Waals surface area contributed by atoms with Crippen molar-refractivity contribution in [2.45, 2.75) is 19.8 Å². The van der Waals surface area contributed by atoms with Gasteiger partial charge in [-0.3, -0.25) is 0 Å². The summed E-state index contributed by atoms with van der Waals surface area (Å²) in [6.45, 7) is 4.58. The first kappa shape index (κ1) is 11.9. The van der Waals surface area contributed by atoms with Crippen molar-refractivity contribution < 1.29 is 14.6 Å². The fraction of sp³-hybridized carbons (Fsp3) is 0.500. The second-order valence-electron chi connectivity index (χ2n) is 3.40. The maximum atomic E-state index is 9.15. The first-order chi connectivity index (χ1) is 7.24. The molecular formula is C12H18O3. The third-order valence-electron chi connectivity index (χ3n) is 2.32. The van der Waals surface area contributed by atoms with Crippen LogP contribution in [0.3, 0.4) is 0 Å². The minimum absolute atomic E-state index is 0.0571. The largest absolute Gasteiger partial charge is 0.493 e. The Hall–Kier alpha value is -1.22. The van der Waals surface area contributed by atoms with Gasteiger partial charge < -0.3 is 14.6 Å². The molecule has 1 N–H and O–H groups in total. The van der Waals surface area contributed by atoms with E-state index in [1.165, 1.54) is 0 Å². The standard InChI is InChI=1S/C12H18O3/c1-4-15-12-10(9(2)8-13)6-5-7-11(12)14-3/h5-7,9,13H,4,8H2,1-3H3. The molecule has 0 aliphatic carbocycles. The van der Waals surface area contributed by atoms with E-state index in [1.807, 2.05) is 32.0 Å². The molecule has 15 heavy (non-hydrogen) atoms. The monoisotopic (exact) mass is 210 g/mol. The smallest absolute Gasteiger partial charge is 0.164 e. The Morgan fingerprint density at radius 3 is 2.67 bits per heavy atom. The number of aliphatic hydroxyl groups is 1. The molecule has 3 nitrogen and oxygen atoms in total. The summed E-state index contributed by atoms with van der Waals surface area (Å²) >= 11 is 0. The number of ether oxygens (including phenoxy) is 2. The highest BCUT2D eigenvalue weighted by atomic mass is 16.5. The lowest BCUT2D eigenvalue weighted by Gasteiger charge is -2.17. The molecule has 0 saturated carbocycles. The normalized spacial score (nSPS) is 12.3. The van der Waals surface area contributed by atoms with Crippen molar-refractivity contribution in [3.05, 3.63) is 23.8 Å². The van der Waals surface area contributed by atoms with Crippen LogP contribution in [-0.4, -0.2) is 25.4 Å². The summed E-state index contributed by atoms with van der Waals surface area (Å²) in [7, 11) is 1.62. The summed E-state index contributed by atoms with van der Waals surface area (Å²) in [5, 5.41) is 9.15. The van der Waals surface area contributed by atoms with Gasteiger partial charge in [0.25, 0.3) is 0 Å². The van der Waals surface area contributed by atoms with Crippen LogP contribution in [0.15, 0.2) is 18.2 Å². The van der Waals surface area contributed by atoms with Gasteiger partial charge >= 0.3 is 0 Å². The van der Waals surface area contributed by atoms with E-state index in [4.69, 9.17) is 14.6 Å². The van der Waals surface area contributed by atoms with Crippen LogP contribution in [-0.2, 0) is 0 Å². The zero-order valence-electron chi connectivity index (χ0n) is 9.49. The Balaban J connectivity index is 3.12. The topological polar surface area (TPSA) is 38.7 Å². The van der Waals surface area contributed by atoms with Gasteiger partial charge in [0.1, 0.15) is 0 Å². The number of methoxy groups -OCH3 is 1. The van der Waals surface area contributed by atoms with Gasteiger partial charge in [0.05, 0.1) is 13.7 Å². The highest BCUT2D eigenvalue weighted by molar-refractivity contribution is 5.48. The number of rotatable bonds is 5. The average Bonchev–Trinajstić information content (AvgIpc) is 2.28. The molecular weight excluding hydrogens is 192 g/mol. The lowest BCUT2D eigenvalue weighted by Crippen LogP contribution is -2.05. The zero-order valence-corrected chi connectivity index (χ0v) is 9.49. The first-order valence-electron chi connectivity index (χ1n) is 5.15. The molecule has 0 aliphatic rings. The van der Waals surface area contributed by atoms with Crippen molar-refractivity contribution in [2.24, 2.45) is 0 Å². The second kappa shape index (κ2) is 5.61. The van der Waals surface area contributed by atoms with Crippen LogP contribution < -0.4 is 9.47 Å². The number of benzene rings is 1. The molecule has 0 bridgehead atoms. The Bertz CT molecular complexity index is 310. The predicted octanol–water partition coefficient (Wildman–Crippen LogP) is 2.19. The minimum atomic E-state index is 0.0571. The maximum absolute atomic E-state index is 9.15. The molecule has 1 rings (SSSR count). The van der Waals surface area contributed by atoms with Gasteiger partial charge in [-0.2, -0.15) is 0 Å². The van der Waals surface area contributed by atoms with Crippen LogP contribution in [0.5, 0.6) is 11.5 Å². The van der Waals surface area contributed by atoms with Crippen LogP contribution in [0.2, 0.25) is 0 Å². The molecule has 0 fully saturated rings. The molecule has 1 aromatic carbocycles. The highest BCUT2D eigenvalue weighted by Gasteiger charge is 2.14. The van der Waals surface area contributed by atoms with E-state index in [0.29, 0.717) is 6.61 Å². The summed E-state index contributed by atoms with van der Waals surface area (Å²) in [6, 6.07) is 5.72. The molecule has 0 aliphatic heterocycles. The van der Waals surface area contributed by atoms with Crippen molar-refractivity contribution in [1.29, 1.82) is 0 Å². The molecule has 0 amide bonds. The molecule has 1 atom stereocenters. The van der Waals surface area contributed by atoms with E-state index < -0.39 is 0 Å². The van der Waals surface area contributed by atoms with Crippen molar-refractivity contribution >= 4 is 0 Å². The summed E-state index contributed by atoms with van der Waals surface area (Å²) in [6.07, 6.45) is 0. The molecule has 0 aromatic heterocycles. The van der Waals surface area contributed by atoms with Gasteiger partial charge in [0.2, 0.25) is 0 Å². The number of para-hydroxylation sites is 1. The maximum Gasteiger partial charge on any atom is 0.164 e. The zero-order chi connectivity index (χ0) is 11.3. The fourth-order valence-corrected chi connectivity index (χ4v) is 1.48. The third-order valence-corrected chi connectivity index (χ3v) is 2.32. The van der Waals surface area contributed by atoms with Crippen LogP contribution >= 0.6 is 0 Å². The third kappa shape index (κ3) is 2.63. The van der Waals surface area contributed by atoms with Gasteiger partial charge in [-0.25, -0.2) is 0 Å². The molecule has 0 saturated heterocycles. The lowest BCUT2D eigenvalue weighted by molar-refractivity contribution is 0.263. The summed E-state index contributed by atoms with van der Waals surface area (Å²) in [4.78, 5) is 0. The van der Waals surface area contributed by atoms with Crippen LogP contribution in [0.1, 0.15) is 25.3 Å². The number of aliphatic hydroxyl groups excluding tert-OH is 1. The van der Waals surface area contributed by atoms with E-state index in [1.54, 1.807) is 7.11 Å². The van der Waals surface area contributed by atoms with Crippen LogP contribution in [0.4, 0.5) is 0 Å². The van der Waals surface area contributed by atoms with Crippen molar-refractivity contribution in [3.63, 3.8) is 0 Å². The Morgan fingerprint density at radius 2 is 2.13 bits per heavy atom.